The second-order valence-electron chi connectivity index (χ2n) is 7.13. The third-order valence-corrected chi connectivity index (χ3v) is 5.30. The Morgan fingerprint density at radius 2 is 2.07 bits per heavy atom. The number of nitrogens with zero attached hydrogens (tertiary/aromatic N) is 5. The maximum atomic E-state index is 5.21. The third-order valence-electron chi connectivity index (χ3n) is 5.30. The molecule has 146 valence electrons. The van der Waals surface area contributed by atoms with Gasteiger partial charge in [0.1, 0.15) is 5.75 Å². The van der Waals surface area contributed by atoms with E-state index in [0.29, 0.717) is 12.0 Å². The van der Waals surface area contributed by atoms with E-state index in [1.165, 1.54) is 19.4 Å². The smallest absolute Gasteiger partial charge is 0.223 e. The van der Waals surface area contributed by atoms with Crippen molar-refractivity contribution in [2.24, 2.45) is 0 Å². The van der Waals surface area contributed by atoms with Gasteiger partial charge in [-0.15, -0.1) is 0 Å². The van der Waals surface area contributed by atoms with Crippen molar-refractivity contribution in [1.29, 1.82) is 0 Å². The molecule has 0 bridgehead atoms. The van der Waals surface area contributed by atoms with E-state index in [9.17, 15) is 0 Å². The van der Waals surface area contributed by atoms with Gasteiger partial charge in [0, 0.05) is 30.5 Å². The first-order valence-corrected chi connectivity index (χ1v) is 9.69. The van der Waals surface area contributed by atoms with Crippen LogP contribution in [-0.4, -0.2) is 57.9 Å². The SMILES string of the molecule is COc1ccc(-n2cc(-c3ccnc(NCC[C@@H]4CCCN4C)n3)cn2)cc1. The minimum absolute atomic E-state index is 0.662. The molecule has 0 aliphatic carbocycles. The monoisotopic (exact) mass is 378 g/mol. The Kier molecular flexibility index (Phi) is 5.53. The molecule has 0 amide bonds. The number of benzene rings is 1. The molecular weight excluding hydrogens is 352 g/mol. The van der Waals surface area contributed by atoms with E-state index in [1.807, 2.05) is 47.4 Å². The predicted molar refractivity (Wildman–Crippen MR) is 110 cm³/mol. The lowest BCUT2D eigenvalue weighted by atomic mass is 10.1. The highest BCUT2D eigenvalue weighted by molar-refractivity contribution is 5.58. The molecule has 1 N–H and O–H groups in total. The minimum Gasteiger partial charge on any atom is -0.497 e. The quantitative estimate of drug-likeness (QED) is 0.681. The lowest BCUT2D eigenvalue weighted by Gasteiger charge is -2.19. The van der Waals surface area contributed by atoms with Gasteiger partial charge in [-0.1, -0.05) is 0 Å². The Balaban J connectivity index is 1.41. The Hall–Kier alpha value is -2.93. The van der Waals surface area contributed by atoms with Gasteiger partial charge >= 0.3 is 0 Å². The Morgan fingerprint density at radius 1 is 1.21 bits per heavy atom. The van der Waals surface area contributed by atoms with E-state index in [4.69, 9.17) is 4.74 Å². The van der Waals surface area contributed by atoms with Crippen LogP contribution in [-0.2, 0) is 0 Å². The first-order chi connectivity index (χ1) is 13.7. The van der Waals surface area contributed by atoms with Crippen LogP contribution in [0, 0.1) is 0 Å². The van der Waals surface area contributed by atoms with Gasteiger partial charge in [-0.25, -0.2) is 14.6 Å². The van der Waals surface area contributed by atoms with Gasteiger partial charge in [-0.05, 0) is 63.2 Å². The van der Waals surface area contributed by atoms with E-state index in [-0.39, 0.29) is 0 Å². The number of ether oxygens (including phenoxy) is 1. The van der Waals surface area contributed by atoms with Crippen molar-refractivity contribution in [2.75, 3.05) is 32.6 Å². The second-order valence-corrected chi connectivity index (χ2v) is 7.13. The molecule has 0 radical (unpaired) electrons. The molecule has 1 atom stereocenters. The summed E-state index contributed by atoms with van der Waals surface area (Å²) in [5.74, 6) is 1.49. The largest absolute Gasteiger partial charge is 0.497 e. The van der Waals surface area contributed by atoms with Crippen LogP contribution in [0.5, 0.6) is 5.75 Å². The van der Waals surface area contributed by atoms with Gasteiger partial charge < -0.3 is 15.0 Å². The highest BCUT2D eigenvalue weighted by atomic mass is 16.5. The van der Waals surface area contributed by atoms with Crippen LogP contribution in [0.4, 0.5) is 5.95 Å². The van der Waals surface area contributed by atoms with E-state index >= 15 is 0 Å². The van der Waals surface area contributed by atoms with Crippen molar-refractivity contribution in [3.63, 3.8) is 0 Å². The summed E-state index contributed by atoms with van der Waals surface area (Å²) >= 11 is 0. The molecular formula is C21H26N6O. The standard InChI is InChI=1S/C21H26N6O/c1-26-13-3-4-17(26)9-11-22-21-23-12-10-20(25-21)16-14-24-27(15-16)18-5-7-19(28-2)8-6-18/h5-8,10,12,14-15,17H,3-4,9,11,13H2,1-2H3,(H,22,23,25)/t17-/m0/s1. The maximum absolute atomic E-state index is 5.21. The predicted octanol–water partition coefficient (Wildman–Crippen LogP) is 3.23. The Morgan fingerprint density at radius 3 is 2.82 bits per heavy atom. The fourth-order valence-electron chi connectivity index (χ4n) is 3.63. The number of hydrogen-bond donors (Lipinski definition) is 1. The molecule has 3 aromatic rings. The van der Waals surface area contributed by atoms with E-state index < -0.39 is 0 Å². The minimum atomic E-state index is 0.662. The molecule has 7 nitrogen and oxygen atoms in total. The molecule has 1 aliphatic heterocycles. The number of rotatable bonds is 7. The molecule has 1 saturated heterocycles. The summed E-state index contributed by atoms with van der Waals surface area (Å²) in [6.07, 6.45) is 9.27. The zero-order chi connectivity index (χ0) is 19.3. The van der Waals surface area contributed by atoms with Crippen molar-refractivity contribution in [2.45, 2.75) is 25.3 Å². The number of anilines is 1. The van der Waals surface area contributed by atoms with Crippen molar-refractivity contribution < 1.29 is 4.74 Å². The summed E-state index contributed by atoms with van der Waals surface area (Å²) < 4.78 is 7.04. The van der Waals surface area contributed by atoms with Crippen molar-refractivity contribution in [1.82, 2.24) is 24.6 Å². The number of aromatic nitrogens is 4. The molecule has 28 heavy (non-hydrogen) atoms. The zero-order valence-electron chi connectivity index (χ0n) is 16.4. The van der Waals surface area contributed by atoms with Gasteiger partial charge in [-0.2, -0.15) is 5.10 Å². The first-order valence-electron chi connectivity index (χ1n) is 9.69. The summed E-state index contributed by atoms with van der Waals surface area (Å²) in [6.45, 7) is 2.08. The lowest BCUT2D eigenvalue weighted by Crippen LogP contribution is -2.27. The normalized spacial score (nSPS) is 17.0. The highest BCUT2D eigenvalue weighted by Gasteiger charge is 2.20. The maximum Gasteiger partial charge on any atom is 0.223 e. The zero-order valence-corrected chi connectivity index (χ0v) is 16.4. The average Bonchev–Trinajstić information content (AvgIpc) is 3.38. The topological polar surface area (TPSA) is 68.1 Å². The number of nitrogens with one attached hydrogen (secondary N) is 1. The van der Waals surface area contributed by atoms with E-state index in [0.717, 1.165) is 35.7 Å². The molecule has 1 aromatic carbocycles. The number of hydrogen-bond acceptors (Lipinski definition) is 6. The highest BCUT2D eigenvalue weighted by Crippen LogP contribution is 2.21. The summed E-state index contributed by atoms with van der Waals surface area (Å²) in [5, 5.41) is 7.82. The number of methoxy groups -OCH3 is 1. The molecule has 0 unspecified atom stereocenters. The summed E-state index contributed by atoms with van der Waals surface area (Å²) in [7, 11) is 3.86. The van der Waals surface area contributed by atoms with Crippen LogP contribution in [0.25, 0.3) is 16.9 Å². The third kappa shape index (κ3) is 4.14. The van der Waals surface area contributed by atoms with Crippen molar-refractivity contribution >= 4 is 5.95 Å². The fraction of sp³-hybridized carbons (Fsp3) is 0.381. The molecule has 0 spiro atoms. The molecule has 1 aliphatic rings. The molecule has 1 fully saturated rings. The van der Waals surface area contributed by atoms with E-state index in [1.54, 1.807) is 13.3 Å². The molecule has 7 heteroatoms. The van der Waals surface area contributed by atoms with Gasteiger partial charge in [-0.3, -0.25) is 0 Å². The van der Waals surface area contributed by atoms with Crippen molar-refractivity contribution in [3.8, 4) is 22.7 Å². The van der Waals surface area contributed by atoms with Gasteiger partial charge in [0.25, 0.3) is 0 Å². The van der Waals surface area contributed by atoms with E-state index in [2.05, 4.69) is 32.3 Å². The van der Waals surface area contributed by atoms with Gasteiger partial charge in [0.05, 0.1) is 24.7 Å². The van der Waals surface area contributed by atoms with Crippen LogP contribution in [0.2, 0.25) is 0 Å². The average molecular weight is 378 g/mol. The van der Waals surface area contributed by atoms with Crippen LogP contribution < -0.4 is 10.1 Å². The summed E-state index contributed by atoms with van der Waals surface area (Å²) in [4.78, 5) is 11.4. The molecule has 4 rings (SSSR count). The number of likely N-dealkylation sites (tertiary alicyclic amines) is 1. The molecule has 2 aromatic heterocycles. The van der Waals surface area contributed by atoms with Crippen LogP contribution in [0.3, 0.4) is 0 Å². The van der Waals surface area contributed by atoms with Crippen molar-refractivity contribution in [3.05, 3.63) is 48.9 Å². The summed E-state index contributed by atoms with van der Waals surface area (Å²) in [6, 6.07) is 10.4. The molecule has 3 heterocycles. The first kappa shape index (κ1) is 18.4. The fourth-order valence-corrected chi connectivity index (χ4v) is 3.63. The Labute approximate surface area is 165 Å². The van der Waals surface area contributed by atoms with Crippen LogP contribution in [0.1, 0.15) is 19.3 Å². The molecule has 0 saturated carbocycles. The van der Waals surface area contributed by atoms with Crippen LogP contribution >= 0.6 is 0 Å². The lowest BCUT2D eigenvalue weighted by molar-refractivity contribution is 0.301. The van der Waals surface area contributed by atoms with Gasteiger partial charge in [0.2, 0.25) is 5.95 Å². The Bertz CT molecular complexity index is 907. The summed E-state index contributed by atoms with van der Waals surface area (Å²) in [5.41, 5.74) is 2.78. The van der Waals surface area contributed by atoms with Crippen LogP contribution in [0.15, 0.2) is 48.9 Å². The van der Waals surface area contributed by atoms with Gasteiger partial charge in [0.15, 0.2) is 0 Å². The second kappa shape index (κ2) is 8.39.